The average molecular weight is 1500 g/mol. The van der Waals surface area contributed by atoms with E-state index in [4.69, 9.17) is 84.8 Å². The second-order valence-corrected chi connectivity index (χ2v) is 29.6. The third-order valence-corrected chi connectivity index (χ3v) is 18.2. The van der Waals surface area contributed by atoms with Gasteiger partial charge in [0.2, 0.25) is 0 Å². The molecule has 566 valence electrons. The first kappa shape index (κ1) is 79.9. The Morgan fingerprint density at radius 3 is 1.67 bits per heavy atom. The first-order valence-electron chi connectivity index (χ1n) is 34.7. The molecule has 0 saturated heterocycles. The summed E-state index contributed by atoms with van der Waals surface area (Å²) in [5.74, 6) is 2.71. The number of methoxy groups -OCH3 is 5. The molecule has 2 aromatic heterocycles. The number of hydrogen-bond acceptors (Lipinski definition) is 20. The number of imidazole rings is 1. The number of rotatable bonds is 16. The third kappa shape index (κ3) is 19.1. The van der Waals surface area contributed by atoms with Crippen LogP contribution in [0.5, 0.6) is 28.7 Å². The van der Waals surface area contributed by atoms with E-state index < -0.39 is 65.1 Å². The lowest BCUT2D eigenvalue weighted by molar-refractivity contribution is -0.148. The number of aryl methyl sites for hydroxylation is 2. The van der Waals surface area contributed by atoms with Gasteiger partial charge in [-0.25, -0.2) is 33.8 Å². The van der Waals surface area contributed by atoms with E-state index in [1.807, 2.05) is 95.3 Å². The zero-order valence-electron chi connectivity index (χ0n) is 63.4. The molecule has 0 fully saturated rings. The molecule has 0 radical (unpaired) electrons. The molecule has 3 aliphatic heterocycles. The fourth-order valence-corrected chi connectivity index (χ4v) is 13.2. The summed E-state index contributed by atoms with van der Waals surface area (Å²) >= 11 is 12.9. The van der Waals surface area contributed by atoms with Crippen molar-refractivity contribution in [2.24, 2.45) is 0 Å². The van der Waals surface area contributed by atoms with Crippen molar-refractivity contribution in [3.05, 3.63) is 180 Å². The van der Waals surface area contributed by atoms with Crippen LogP contribution < -0.4 is 23.7 Å². The van der Waals surface area contributed by atoms with E-state index in [1.54, 1.807) is 90.0 Å². The Kier molecular flexibility index (Phi) is 25.6. The Hall–Kier alpha value is -10.2. The van der Waals surface area contributed by atoms with E-state index in [-0.39, 0.29) is 32.4 Å². The molecule has 5 heterocycles. The normalized spacial score (nSPS) is 14.7. The molecule has 26 heteroatoms. The minimum absolute atomic E-state index is 0.211. The number of amides is 3. The summed E-state index contributed by atoms with van der Waals surface area (Å²) in [5, 5.41) is 5.24. The number of esters is 3. The Morgan fingerprint density at radius 2 is 1.13 bits per heavy atom. The number of benzene rings is 6. The van der Waals surface area contributed by atoms with E-state index in [0.717, 1.165) is 61.4 Å². The van der Waals surface area contributed by atoms with Crippen LogP contribution in [-0.4, -0.2) is 138 Å². The molecule has 11 rings (SSSR count). The van der Waals surface area contributed by atoms with Gasteiger partial charge in [-0.1, -0.05) is 70.8 Å². The van der Waals surface area contributed by atoms with Gasteiger partial charge in [-0.3, -0.25) is 9.80 Å². The molecule has 0 bridgehead atoms. The largest absolute Gasteiger partial charge is 0.493 e. The van der Waals surface area contributed by atoms with Crippen LogP contribution in [0.1, 0.15) is 166 Å². The van der Waals surface area contributed by atoms with Gasteiger partial charge in [-0.05, 0) is 209 Å². The van der Waals surface area contributed by atoms with E-state index in [2.05, 4.69) is 29.6 Å². The molecule has 106 heavy (non-hydrogen) atoms. The van der Waals surface area contributed by atoms with Crippen molar-refractivity contribution < 1.29 is 85.4 Å². The summed E-state index contributed by atoms with van der Waals surface area (Å²) in [4.78, 5) is 85.4. The highest BCUT2D eigenvalue weighted by atomic mass is 35.5. The summed E-state index contributed by atoms with van der Waals surface area (Å²) in [6, 6.07) is 30.2. The van der Waals surface area contributed by atoms with Crippen molar-refractivity contribution >= 4 is 70.4 Å². The van der Waals surface area contributed by atoms with Crippen LogP contribution in [-0.2, 0) is 83.6 Å². The van der Waals surface area contributed by atoms with Gasteiger partial charge in [0.05, 0.1) is 74.3 Å². The van der Waals surface area contributed by atoms with Crippen molar-refractivity contribution in [3.8, 4) is 40.0 Å². The summed E-state index contributed by atoms with van der Waals surface area (Å²) in [7, 11) is 7.02. The van der Waals surface area contributed by atoms with Crippen LogP contribution in [0.3, 0.4) is 0 Å². The predicted molar refractivity (Wildman–Crippen MR) is 398 cm³/mol. The smallest absolute Gasteiger partial charge is 0.411 e. The molecule has 24 nitrogen and oxygen atoms in total. The van der Waals surface area contributed by atoms with Crippen LogP contribution in [0.25, 0.3) is 22.3 Å². The molecule has 3 aliphatic rings. The predicted octanol–water partition coefficient (Wildman–Crippen LogP) is 16.4. The Labute approximate surface area is 628 Å². The van der Waals surface area contributed by atoms with Gasteiger partial charge in [0, 0.05) is 36.8 Å². The minimum Gasteiger partial charge on any atom is -0.493 e. The highest BCUT2D eigenvalue weighted by Gasteiger charge is 2.41. The van der Waals surface area contributed by atoms with Gasteiger partial charge in [-0.2, -0.15) is 0 Å². The van der Waals surface area contributed by atoms with E-state index in [0.29, 0.717) is 106 Å². The topological polar surface area (TPSA) is 258 Å². The second-order valence-electron chi connectivity index (χ2n) is 28.8. The van der Waals surface area contributed by atoms with Crippen molar-refractivity contribution in [2.45, 2.75) is 171 Å². The molecular formula is C80H94Cl2N6O18. The number of hydrogen-bond donors (Lipinski definition) is 0. The van der Waals surface area contributed by atoms with Crippen LogP contribution in [0, 0.1) is 13.8 Å². The first-order chi connectivity index (χ1) is 50.2. The summed E-state index contributed by atoms with van der Waals surface area (Å²) < 4.78 is 68.1. The van der Waals surface area contributed by atoms with Crippen LogP contribution in [0.2, 0.25) is 10.0 Å². The van der Waals surface area contributed by atoms with Gasteiger partial charge in [0.1, 0.15) is 71.2 Å². The maximum atomic E-state index is 12.8. The zero-order chi connectivity index (χ0) is 77.3. The first-order valence-corrected chi connectivity index (χ1v) is 35.5. The van der Waals surface area contributed by atoms with Gasteiger partial charge >= 0.3 is 36.2 Å². The van der Waals surface area contributed by atoms with Crippen molar-refractivity contribution in [2.75, 3.05) is 55.2 Å². The van der Waals surface area contributed by atoms with Crippen molar-refractivity contribution in [3.63, 3.8) is 0 Å². The number of carbonyl (C=O) groups is 6. The van der Waals surface area contributed by atoms with Gasteiger partial charge in [0.25, 0.3) is 0 Å². The Bertz CT molecular complexity index is 4530. The number of carbonyl (C=O) groups excluding carboxylic acids is 6. The average Bonchev–Trinajstić information content (AvgIpc) is 0.868. The number of aromatic nitrogens is 3. The molecule has 0 N–H and O–H groups in total. The molecule has 8 aromatic rings. The number of ether oxygens (including phenoxy) is 11. The van der Waals surface area contributed by atoms with E-state index in [9.17, 15) is 28.8 Å². The highest BCUT2D eigenvalue weighted by molar-refractivity contribution is 6.33. The number of halogens is 2. The zero-order valence-corrected chi connectivity index (χ0v) is 64.9. The highest BCUT2D eigenvalue weighted by Crippen LogP contribution is 2.41. The molecule has 6 aromatic carbocycles. The van der Waals surface area contributed by atoms with E-state index >= 15 is 0 Å². The van der Waals surface area contributed by atoms with Gasteiger partial charge in [0.15, 0.2) is 23.6 Å². The number of fused-ring (bicyclic) bond motifs is 4. The van der Waals surface area contributed by atoms with Gasteiger partial charge in [-0.15, -0.1) is 0 Å². The number of para-hydroxylation sites is 2. The van der Waals surface area contributed by atoms with Gasteiger partial charge < -0.3 is 66.1 Å². The fraction of sp³-hybridized carbons (Fsp3) is 0.425. The Morgan fingerprint density at radius 1 is 0.585 bits per heavy atom. The van der Waals surface area contributed by atoms with Crippen LogP contribution in [0.15, 0.2) is 108 Å². The van der Waals surface area contributed by atoms with Crippen LogP contribution in [0.4, 0.5) is 14.4 Å². The Balaban J connectivity index is 0.000000184. The summed E-state index contributed by atoms with van der Waals surface area (Å²) in [5.41, 5.74) is 9.29. The van der Waals surface area contributed by atoms with Crippen molar-refractivity contribution in [1.82, 2.24) is 29.4 Å². The molecule has 0 aliphatic carbocycles. The minimum atomic E-state index is -0.896. The SMILES string of the molecule is COC(=O)[C@H]1c2ccc(OCc3c(-c4c(C)cccc4Cl)noc3C)cc2CCN1C(=O)OC(C)(C)C.COC(=O)[C@H]1c2ccc(OCc3ccc(OC)c(OC)c3Cl)cc2CCN1C(=O)OC(C)(C)C.COC(=O)c1cc(OCc2nc3ccccc3n2C(C)C)cc2c1CN(C(=O)OC(C)(C)C)CC2. The summed E-state index contributed by atoms with van der Waals surface area (Å²) in [6.45, 7) is 26.3. The lowest BCUT2D eigenvalue weighted by atomic mass is 9.92. The quantitative estimate of drug-likeness (QED) is 0.0643. The molecule has 0 saturated carbocycles. The molecule has 2 atom stereocenters. The summed E-state index contributed by atoms with van der Waals surface area (Å²) in [6.07, 6.45) is 0.148. The van der Waals surface area contributed by atoms with E-state index in [1.165, 1.54) is 38.2 Å². The third-order valence-electron chi connectivity index (χ3n) is 17.5. The number of nitrogens with zero attached hydrogens (tertiary/aromatic N) is 6. The fourth-order valence-electron chi connectivity index (χ4n) is 12.6. The van der Waals surface area contributed by atoms with Crippen molar-refractivity contribution in [1.29, 1.82) is 0 Å². The monoisotopic (exact) mass is 1500 g/mol. The standard InChI is InChI=1S/C28H31ClN2O6.C27H33N3O5.C25H30ClNO7/c1-16-8-7-9-22(29)23(16)24-21(17(2)37-30-24)15-35-19-10-11-20-18(14-19)12-13-31(25(20)26(32)34-6)27(33)36-28(3,4)5;1-17(2)30-23-10-8-7-9-22(23)28-24(30)16-34-19-13-18-11-12-29(26(32)35-27(3,4)5)15-21(18)20(14-19)25(31)33-6;1-25(2,3)34-24(29)27-12-11-15-13-17(8-9-18(15)21(27)23(28)32-6)33-14-16-7-10-19(30-4)22(31-5)20(16)26/h7-11,14,25H,12-13,15H2,1-6H3;7-10,13-14,17H,11-12,15-16H2,1-6H3;7-10,13,21H,11-12,14H2,1-6H3/t25-;;21-/m1.1/s1. The molecule has 0 unspecified atom stereocenters. The molecular weight excluding hydrogens is 1400 g/mol. The maximum absolute atomic E-state index is 12.8. The lowest BCUT2D eigenvalue weighted by Gasteiger charge is -2.36. The molecule has 3 amide bonds. The lowest BCUT2D eigenvalue weighted by Crippen LogP contribution is -2.46. The second kappa shape index (κ2) is 33.9. The maximum Gasteiger partial charge on any atom is 0.411 e. The molecule has 0 spiro atoms. The van der Waals surface area contributed by atoms with Crippen LogP contribution >= 0.6 is 23.2 Å².